The van der Waals surface area contributed by atoms with Gasteiger partial charge in [0.15, 0.2) is 14.7 Å². The van der Waals surface area contributed by atoms with Crippen LogP contribution in [0, 0.1) is 23.3 Å². The van der Waals surface area contributed by atoms with Crippen molar-refractivity contribution in [3.8, 4) is 0 Å². The van der Waals surface area contributed by atoms with Gasteiger partial charge in [-0.25, -0.2) is 17.6 Å². The van der Waals surface area contributed by atoms with E-state index in [0.717, 1.165) is 12.1 Å². The zero-order chi connectivity index (χ0) is 22.4. The molecule has 0 amide bonds. The summed E-state index contributed by atoms with van der Waals surface area (Å²) in [6.07, 6.45) is 0. The van der Waals surface area contributed by atoms with E-state index in [0.29, 0.717) is 14.7 Å². The highest BCUT2D eigenvalue weighted by molar-refractivity contribution is 7.97. The second-order valence-corrected chi connectivity index (χ2v) is 6.86. The normalized spacial score (nSPS) is 9.34. The van der Waals surface area contributed by atoms with Crippen molar-refractivity contribution in [3.63, 3.8) is 0 Å². The summed E-state index contributed by atoms with van der Waals surface area (Å²) in [4.78, 5) is 1.35. The highest BCUT2D eigenvalue weighted by atomic mass is 32.2. The lowest BCUT2D eigenvalue weighted by molar-refractivity contribution is 0.576. The minimum atomic E-state index is -1.02. The largest absolute Gasteiger partial charge is 0.207 e. The molecule has 0 bridgehead atoms. The van der Waals surface area contributed by atoms with Crippen molar-refractivity contribution < 1.29 is 17.6 Å². The molecule has 0 aliphatic rings. The summed E-state index contributed by atoms with van der Waals surface area (Å²) in [5, 5.41) is 0. The summed E-state index contributed by atoms with van der Waals surface area (Å²) < 4.78 is 54.4. The molecule has 0 saturated carbocycles. The second kappa shape index (κ2) is 14.7. The molecule has 0 unspecified atom stereocenters. The number of hydrogen-bond donors (Lipinski definition) is 0. The fourth-order valence-corrected chi connectivity index (χ4v) is 4.43. The number of halogens is 4. The van der Waals surface area contributed by atoms with E-state index in [-0.39, 0.29) is 0 Å². The number of rotatable bonds is 3. The molecule has 0 aliphatic carbocycles. The van der Waals surface area contributed by atoms with Crippen molar-refractivity contribution in [1.29, 1.82) is 0 Å². The molecule has 3 rings (SSSR count). The van der Waals surface area contributed by atoms with Crippen molar-refractivity contribution in [2.24, 2.45) is 0 Å². The average molecular weight is 426 g/mol. The van der Waals surface area contributed by atoms with E-state index in [1.165, 1.54) is 24.3 Å². The third-order valence-corrected chi connectivity index (χ3v) is 5.28. The van der Waals surface area contributed by atoms with Crippen LogP contribution in [0.15, 0.2) is 81.4 Å². The lowest BCUT2D eigenvalue weighted by Gasteiger charge is -2.08. The van der Waals surface area contributed by atoms with Gasteiger partial charge in [0.05, 0.1) is 10.9 Å². The van der Waals surface area contributed by atoms with E-state index in [9.17, 15) is 17.6 Å². The summed E-state index contributed by atoms with van der Waals surface area (Å²) in [5.74, 6) is -2.92. The van der Waals surface area contributed by atoms with Crippen LogP contribution in [0.3, 0.4) is 0 Å². The summed E-state index contributed by atoms with van der Waals surface area (Å²) in [5.41, 5.74) is 0. The lowest BCUT2D eigenvalue weighted by atomic mass is 10.3. The molecule has 0 aromatic heterocycles. The Kier molecular flexibility index (Phi) is 13.5. The smallest absolute Gasteiger partial charge is 0.172 e. The van der Waals surface area contributed by atoms with Crippen LogP contribution in [0.1, 0.15) is 41.5 Å². The van der Waals surface area contributed by atoms with Crippen LogP contribution in [0.4, 0.5) is 17.6 Å². The summed E-state index contributed by atoms with van der Waals surface area (Å²) in [6.45, 7) is 12.0. The molecule has 0 nitrogen and oxygen atoms in total. The van der Waals surface area contributed by atoms with Crippen LogP contribution in [0.2, 0.25) is 0 Å². The van der Waals surface area contributed by atoms with E-state index in [2.05, 4.69) is 0 Å². The number of benzene rings is 3. The van der Waals surface area contributed by atoms with Gasteiger partial charge in [0.1, 0.15) is 23.3 Å². The molecule has 0 saturated heterocycles. The molecule has 0 atom stereocenters. The van der Waals surface area contributed by atoms with E-state index in [4.69, 9.17) is 0 Å². The van der Waals surface area contributed by atoms with Crippen LogP contribution in [0.5, 0.6) is 0 Å². The quantitative estimate of drug-likeness (QED) is 0.292. The van der Waals surface area contributed by atoms with Crippen molar-refractivity contribution in [2.75, 3.05) is 0 Å². The standard InChI is InChI=1S/C18H11F4S.3C2H6/c19-12-6-13(20)9-17(8-12)23(16-4-2-1-3-5-16)18-10-14(21)7-15(22)11-18;3*1-2/h1-11H;3*1-2H3/q+1;;;. The zero-order valence-electron chi connectivity index (χ0n) is 17.8. The van der Waals surface area contributed by atoms with Gasteiger partial charge >= 0.3 is 0 Å². The fraction of sp³-hybridized carbons (Fsp3) is 0.250. The SMILES string of the molecule is CC.CC.CC.Fc1cc(F)cc([S+](c2ccccc2)c2cc(F)cc(F)c2)c1. The van der Waals surface area contributed by atoms with Gasteiger partial charge in [-0.15, -0.1) is 0 Å². The lowest BCUT2D eigenvalue weighted by Crippen LogP contribution is -2.07. The predicted octanol–water partition coefficient (Wildman–Crippen LogP) is 8.42. The van der Waals surface area contributed by atoms with Crippen LogP contribution in [0.25, 0.3) is 0 Å². The Labute approximate surface area is 175 Å². The van der Waals surface area contributed by atoms with Gasteiger partial charge in [-0.05, 0) is 12.1 Å². The molecule has 0 aliphatic heterocycles. The molecule has 5 heteroatoms. The van der Waals surface area contributed by atoms with Gasteiger partial charge < -0.3 is 0 Å². The monoisotopic (exact) mass is 425 g/mol. The Balaban J connectivity index is 0.00000120. The highest BCUT2D eigenvalue weighted by Gasteiger charge is 2.30. The first-order valence-corrected chi connectivity index (χ1v) is 11.0. The van der Waals surface area contributed by atoms with Crippen LogP contribution >= 0.6 is 0 Å². The summed E-state index contributed by atoms with van der Waals surface area (Å²) >= 11 is 0. The van der Waals surface area contributed by atoms with Crippen LogP contribution < -0.4 is 0 Å². The molecule has 3 aromatic carbocycles. The molecule has 0 spiro atoms. The van der Waals surface area contributed by atoms with Gasteiger partial charge in [0, 0.05) is 36.4 Å². The number of hydrogen-bond acceptors (Lipinski definition) is 0. The Morgan fingerprint density at radius 2 is 0.759 bits per heavy atom. The summed E-state index contributed by atoms with van der Waals surface area (Å²) in [7, 11) is -1.02. The fourth-order valence-electron chi connectivity index (χ4n) is 2.26. The van der Waals surface area contributed by atoms with Gasteiger partial charge in [-0.2, -0.15) is 0 Å². The molecular weight excluding hydrogens is 396 g/mol. The maximum Gasteiger partial charge on any atom is 0.172 e. The van der Waals surface area contributed by atoms with Gasteiger partial charge in [0.2, 0.25) is 0 Å². The molecule has 0 fully saturated rings. The Morgan fingerprint density at radius 1 is 0.448 bits per heavy atom. The zero-order valence-corrected chi connectivity index (χ0v) is 18.6. The molecule has 0 heterocycles. The topological polar surface area (TPSA) is 0 Å². The predicted molar refractivity (Wildman–Crippen MR) is 115 cm³/mol. The van der Waals surface area contributed by atoms with Gasteiger partial charge in [-0.3, -0.25) is 0 Å². The minimum Gasteiger partial charge on any atom is -0.207 e. The van der Waals surface area contributed by atoms with E-state index in [1.54, 1.807) is 30.3 Å². The van der Waals surface area contributed by atoms with Gasteiger partial charge in [-0.1, -0.05) is 59.7 Å². The minimum absolute atomic E-state index is 0.318. The first-order valence-electron chi connectivity index (χ1n) is 9.74. The van der Waals surface area contributed by atoms with Gasteiger partial charge in [0.25, 0.3) is 0 Å². The Hall–Kier alpha value is -2.27. The third kappa shape index (κ3) is 8.32. The average Bonchev–Trinajstić information content (AvgIpc) is 2.72. The maximum atomic E-state index is 13.6. The molecule has 0 radical (unpaired) electrons. The Morgan fingerprint density at radius 3 is 1.07 bits per heavy atom. The molecular formula is C24H29F4S+. The summed E-state index contributed by atoms with van der Waals surface area (Å²) in [6, 6.07) is 15.1. The van der Waals surface area contributed by atoms with E-state index < -0.39 is 34.2 Å². The third-order valence-electron chi connectivity index (χ3n) is 3.12. The van der Waals surface area contributed by atoms with Crippen LogP contribution in [-0.2, 0) is 10.9 Å². The molecule has 3 aromatic rings. The van der Waals surface area contributed by atoms with Crippen molar-refractivity contribution in [3.05, 3.63) is 90.0 Å². The van der Waals surface area contributed by atoms with Crippen molar-refractivity contribution in [1.82, 2.24) is 0 Å². The molecule has 158 valence electrons. The van der Waals surface area contributed by atoms with E-state index >= 15 is 0 Å². The molecule has 29 heavy (non-hydrogen) atoms. The van der Waals surface area contributed by atoms with E-state index in [1.807, 2.05) is 41.5 Å². The van der Waals surface area contributed by atoms with Crippen molar-refractivity contribution in [2.45, 2.75) is 56.2 Å². The first kappa shape index (κ1) is 26.7. The second-order valence-electron chi connectivity index (χ2n) is 4.83. The molecule has 0 N–H and O–H groups in total. The van der Waals surface area contributed by atoms with Crippen molar-refractivity contribution >= 4 is 10.9 Å². The first-order chi connectivity index (χ1) is 14.0. The maximum absolute atomic E-state index is 13.6. The Bertz CT molecular complexity index is 744. The highest BCUT2D eigenvalue weighted by Crippen LogP contribution is 2.32. The van der Waals surface area contributed by atoms with Crippen LogP contribution in [-0.4, -0.2) is 0 Å².